The topological polar surface area (TPSA) is 86.6 Å². The third-order valence-electron chi connectivity index (χ3n) is 9.41. The highest BCUT2D eigenvalue weighted by atomic mass is 16.4. The lowest BCUT2D eigenvalue weighted by molar-refractivity contribution is -0.164. The Kier molecular flexibility index (Phi) is 4.81. The van der Waals surface area contributed by atoms with Crippen molar-refractivity contribution >= 4 is 17.4 Å². The number of hydrogen-bond acceptors (Lipinski definition) is 4. The maximum Gasteiger partial charge on any atom is 0.309 e. The van der Waals surface area contributed by atoms with E-state index < -0.39 is 11.4 Å². The molecule has 0 spiro atoms. The van der Waals surface area contributed by atoms with Crippen molar-refractivity contribution < 1.29 is 19.8 Å². The highest BCUT2D eigenvalue weighted by Gasteiger charge is 2.58. The third-order valence-corrected chi connectivity index (χ3v) is 9.41. The molecule has 7 atom stereocenters. The second-order valence-electron chi connectivity index (χ2n) is 10.8. The lowest BCUT2D eigenvalue weighted by atomic mass is 9.44. The van der Waals surface area contributed by atoms with E-state index in [4.69, 9.17) is 0 Å². The average Bonchev–Trinajstić information content (AvgIpc) is 3.06. The molecule has 5 rings (SSSR count). The Hall–Kier alpha value is -2.14. The average molecular weight is 424 g/mol. The number of hydrogen-bond donors (Lipinski definition) is 3. The summed E-state index contributed by atoms with van der Waals surface area (Å²) in [5, 5.41) is 23.7. The Labute approximate surface area is 183 Å². The minimum Gasteiger partial charge on any atom is -0.481 e. The van der Waals surface area contributed by atoms with E-state index in [0.717, 1.165) is 44.2 Å². The van der Waals surface area contributed by atoms with Crippen molar-refractivity contribution in [2.75, 3.05) is 5.32 Å². The van der Waals surface area contributed by atoms with Crippen molar-refractivity contribution in [3.8, 4) is 0 Å². The first-order chi connectivity index (χ1) is 14.7. The standard InChI is InChI=1S/C26H33NO4/c1-25-11-9-16(28)13-15(25)7-8-17-19(25)10-12-26(2,24(30)31)20(17)14-22-23(29)18-5-3-4-6-21(18)27-22/h3-6,14-17,19-20,27-28H,7-13H2,1-2H3,(H,30,31)/b22-14+/t15-,16-,17+,19+,20+,25+,26+/m1/s1. The van der Waals surface area contributed by atoms with E-state index in [1.807, 2.05) is 37.3 Å². The van der Waals surface area contributed by atoms with Crippen LogP contribution in [0, 0.1) is 34.5 Å². The summed E-state index contributed by atoms with van der Waals surface area (Å²) in [6.07, 6.45) is 8.04. The molecule has 1 aromatic carbocycles. The van der Waals surface area contributed by atoms with Crippen LogP contribution in [-0.4, -0.2) is 28.1 Å². The maximum absolute atomic E-state index is 13.0. The van der Waals surface area contributed by atoms with Crippen molar-refractivity contribution in [1.82, 2.24) is 0 Å². The van der Waals surface area contributed by atoms with Crippen LogP contribution in [0.25, 0.3) is 0 Å². The van der Waals surface area contributed by atoms with Gasteiger partial charge >= 0.3 is 5.97 Å². The smallest absolute Gasteiger partial charge is 0.309 e. The summed E-state index contributed by atoms with van der Waals surface area (Å²) < 4.78 is 0. The molecule has 3 saturated carbocycles. The van der Waals surface area contributed by atoms with Gasteiger partial charge in [0.15, 0.2) is 0 Å². The van der Waals surface area contributed by atoms with Gasteiger partial charge in [-0.2, -0.15) is 0 Å². The zero-order chi connectivity index (χ0) is 22.0. The second kappa shape index (κ2) is 7.19. The van der Waals surface area contributed by atoms with Gasteiger partial charge in [-0.3, -0.25) is 9.59 Å². The summed E-state index contributed by atoms with van der Waals surface area (Å²) in [6, 6.07) is 7.48. The van der Waals surface area contributed by atoms with E-state index in [0.29, 0.717) is 29.5 Å². The number of aliphatic carboxylic acids is 1. The quantitative estimate of drug-likeness (QED) is 0.591. The summed E-state index contributed by atoms with van der Waals surface area (Å²) >= 11 is 0. The minimum atomic E-state index is -0.873. The molecule has 166 valence electrons. The summed E-state index contributed by atoms with van der Waals surface area (Å²) in [5.74, 6) is 0.210. The molecule has 4 aliphatic rings. The number of carboxylic acids is 1. The van der Waals surface area contributed by atoms with Gasteiger partial charge in [-0.25, -0.2) is 0 Å². The van der Waals surface area contributed by atoms with Crippen LogP contribution in [0.15, 0.2) is 36.0 Å². The lowest BCUT2D eigenvalue weighted by Gasteiger charge is -2.60. The number of rotatable bonds is 2. The zero-order valence-electron chi connectivity index (χ0n) is 18.4. The SMILES string of the molecule is C[C@]12CC[C@@H](O)C[C@H]1CC[C@H]1[C@@H]2CC[C@](C)(C(=O)O)[C@H]1/C=C1/Nc2ccccc2C1=O. The number of carbonyl (C=O) groups is 2. The van der Waals surface area contributed by atoms with Crippen molar-refractivity contribution in [2.24, 2.45) is 34.5 Å². The summed E-state index contributed by atoms with van der Waals surface area (Å²) in [6.45, 7) is 4.25. The van der Waals surface area contributed by atoms with Gasteiger partial charge in [0.1, 0.15) is 0 Å². The van der Waals surface area contributed by atoms with Crippen LogP contribution < -0.4 is 5.32 Å². The van der Waals surface area contributed by atoms with E-state index in [9.17, 15) is 19.8 Å². The van der Waals surface area contributed by atoms with Gasteiger partial charge in [0, 0.05) is 11.3 Å². The molecule has 5 nitrogen and oxygen atoms in total. The van der Waals surface area contributed by atoms with Crippen LogP contribution in [0.4, 0.5) is 5.69 Å². The Bertz CT molecular complexity index is 954. The largest absolute Gasteiger partial charge is 0.481 e. The summed E-state index contributed by atoms with van der Waals surface area (Å²) in [5.41, 5.74) is 1.28. The Morgan fingerprint density at radius 3 is 2.65 bits per heavy atom. The number of ketones is 1. The highest BCUT2D eigenvalue weighted by Crippen LogP contribution is 2.63. The highest BCUT2D eigenvalue weighted by molar-refractivity contribution is 6.18. The molecular weight excluding hydrogens is 390 g/mol. The third kappa shape index (κ3) is 3.07. The minimum absolute atomic E-state index is 0.0360. The number of carbonyl (C=O) groups excluding carboxylic acids is 1. The number of allylic oxidation sites excluding steroid dienone is 2. The first kappa shape index (κ1) is 20.7. The van der Waals surface area contributed by atoms with Gasteiger partial charge in [0.2, 0.25) is 5.78 Å². The van der Waals surface area contributed by atoms with Crippen molar-refractivity contribution in [3.63, 3.8) is 0 Å². The number of nitrogens with one attached hydrogen (secondary N) is 1. The number of Topliss-reactive ketones (excluding diaryl/α,β-unsaturated/α-hetero) is 1. The fourth-order valence-electron chi connectivity index (χ4n) is 7.48. The molecule has 3 aliphatic carbocycles. The van der Waals surface area contributed by atoms with E-state index in [-0.39, 0.29) is 29.1 Å². The Balaban J connectivity index is 1.52. The molecular formula is C26H33NO4. The van der Waals surface area contributed by atoms with Crippen LogP contribution >= 0.6 is 0 Å². The van der Waals surface area contributed by atoms with Gasteiger partial charge in [0.05, 0.1) is 17.2 Å². The molecule has 5 heteroatoms. The van der Waals surface area contributed by atoms with Crippen LogP contribution in [0.5, 0.6) is 0 Å². The first-order valence-corrected chi connectivity index (χ1v) is 11.8. The van der Waals surface area contributed by atoms with E-state index >= 15 is 0 Å². The van der Waals surface area contributed by atoms with E-state index in [1.54, 1.807) is 0 Å². The maximum atomic E-state index is 13.0. The first-order valence-electron chi connectivity index (χ1n) is 11.8. The van der Waals surface area contributed by atoms with Crippen molar-refractivity contribution in [3.05, 3.63) is 41.6 Å². The van der Waals surface area contributed by atoms with E-state index in [1.165, 1.54) is 0 Å². The molecule has 1 heterocycles. The molecule has 0 amide bonds. The monoisotopic (exact) mass is 423 g/mol. The van der Waals surface area contributed by atoms with Gasteiger partial charge in [0.25, 0.3) is 0 Å². The Morgan fingerprint density at radius 1 is 1.13 bits per heavy atom. The van der Waals surface area contributed by atoms with E-state index in [2.05, 4.69) is 12.2 Å². The fraction of sp³-hybridized carbons (Fsp3) is 0.615. The van der Waals surface area contributed by atoms with Crippen LogP contribution in [0.1, 0.15) is 69.2 Å². The fourth-order valence-corrected chi connectivity index (χ4v) is 7.48. The molecule has 1 aromatic rings. The molecule has 3 N–H and O–H groups in total. The second-order valence-corrected chi connectivity index (χ2v) is 10.8. The number of para-hydroxylation sites is 1. The molecule has 0 saturated heterocycles. The predicted octanol–water partition coefficient (Wildman–Crippen LogP) is 4.87. The van der Waals surface area contributed by atoms with Gasteiger partial charge in [-0.05, 0) is 93.1 Å². The predicted molar refractivity (Wildman–Crippen MR) is 119 cm³/mol. The number of aliphatic hydroxyl groups is 1. The molecule has 0 unspecified atom stereocenters. The van der Waals surface area contributed by atoms with Crippen molar-refractivity contribution in [2.45, 2.75) is 64.9 Å². The molecule has 1 aliphatic heterocycles. The number of carboxylic acid groups (broad SMARTS) is 1. The molecule has 0 radical (unpaired) electrons. The van der Waals surface area contributed by atoms with Gasteiger partial charge in [-0.15, -0.1) is 0 Å². The number of anilines is 1. The Morgan fingerprint density at radius 2 is 1.90 bits per heavy atom. The number of fused-ring (bicyclic) bond motifs is 4. The molecule has 3 fully saturated rings. The summed E-state index contributed by atoms with van der Waals surface area (Å²) in [4.78, 5) is 25.5. The summed E-state index contributed by atoms with van der Waals surface area (Å²) in [7, 11) is 0. The van der Waals surface area contributed by atoms with Gasteiger partial charge in [-0.1, -0.05) is 25.1 Å². The van der Waals surface area contributed by atoms with Crippen LogP contribution in [0.2, 0.25) is 0 Å². The van der Waals surface area contributed by atoms with Crippen molar-refractivity contribution in [1.29, 1.82) is 0 Å². The van der Waals surface area contributed by atoms with Crippen LogP contribution in [0.3, 0.4) is 0 Å². The normalized spacial score (nSPS) is 43.0. The molecule has 0 aromatic heterocycles. The number of benzene rings is 1. The van der Waals surface area contributed by atoms with Gasteiger partial charge < -0.3 is 15.5 Å². The van der Waals surface area contributed by atoms with Crippen LogP contribution in [-0.2, 0) is 4.79 Å². The zero-order valence-corrected chi connectivity index (χ0v) is 18.4. The number of aliphatic hydroxyl groups excluding tert-OH is 1. The molecule has 31 heavy (non-hydrogen) atoms. The lowest BCUT2D eigenvalue weighted by Crippen LogP contribution is -2.55. The molecule has 0 bridgehead atoms.